The summed E-state index contributed by atoms with van der Waals surface area (Å²) in [4.78, 5) is 23.3. The fourth-order valence-electron chi connectivity index (χ4n) is 1.97. The van der Waals surface area contributed by atoms with Gasteiger partial charge in [-0.2, -0.15) is 0 Å². The van der Waals surface area contributed by atoms with Gasteiger partial charge in [0.15, 0.2) is 0 Å². The molecule has 0 fully saturated rings. The predicted molar refractivity (Wildman–Crippen MR) is 86.0 cm³/mol. The molecule has 0 bridgehead atoms. The summed E-state index contributed by atoms with van der Waals surface area (Å²) in [6.07, 6.45) is 0. The Hall–Kier alpha value is -2.71. The smallest absolute Gasteiger partial charge is 0.255 e. The first kappa shape index (κ1) is 17.6. The molecule has 126 valence electrons. The maximum Gasteiger partial charge on any atom is 0.255 e. The molecule has 0 aliphatic heterocycles. The molecule has 2 aromatic rings. The van der Waals surface area contributed by atoms with Crippen LogP contribution in [0, 0.1) is 0 Å². The number of carboxylic acid groups (broad SMARTS) is 1. The van der Waals surface area contributed by atoms with Gasteiger partial charge >= 0.3 is 0 Å². The Labute approximate surface area is 139 Å². The van der Waals surface area contributed by atoms with E-state index in [1.807, 2.05) is 0 Å². The molecule has 0 atom stereocenters. The van der Waals surface area contributed by atoms with Crippen LogP contribution in [0.15, 0.2) is 53.4 Å². The van der Waals surface area contributed by atoms with Gasteiger partial charge in [0, 0.05) is 25.2 Å². The molecule has 0 aliphatic rings. The minimum atomic E-state index is -3.68. The first-order valence-electron chi connectivity index (χ1n) is 6.88. The third-order valence-corrected chi connectivity index (χ3v) is 5.08. The number of amides is 1. The van der Waals surface area contributed by atoms with Crippen molar-refractivity contribution in [3.05, 3.63) is 59.7 Å². The first-order chi connectivity index (χ1) is 11.2. The summed E-state index contributed by atoms with van der Waals surface area (Å²) < 4.78 is 25.3. The van der Waals surface area contributed by atoms with E-state index in [4.69, 9.17) is 0 Å². The summed E-state index contributed by atoms with van der Waals surface area (Å²) in [5, 5.41) is 13.5. The second-order valence-electron chi connectivity index (χ2n) is 5.10. The van der Waals surface area contributed by atoms with E-state index in [2.05, 4.69) is 5.32 Å². The zero-order valence-corrected chi connectivity index (χ0v) is 13.8. The Bertz CT molecular complexity index is 891. The molecule has 0 spiro atoms. The number of hydrogen-bond donors (Lipinski definition) is 1. The summed E-state index contributed by atoms with van der Waals surface area (Å²) in [6, 6.07) is 11.3. The molecular weight excluding hydrogens is 332 g/mol. The van der Waals surface area contributed by atoms with Gasteiger partial charge in [0.05, 0.1) is 16.6 Å². The van der Waals surface area contributed by atoms with Crippen molar-refractivity contribution in [2.45, 2.75) is 4.90 Å². The Morgan fingerprint density at radius 1 is 1.04 bits per heavy atom. The predicted octanol–water partition coefficient (Wildman–Crippen LogP) is 0.553. The number of carboxylic acids is 1. The van der Waals surface area contributed by atoms with Crippen molar-refractivity contribution >= 4 is 27.6 Å². The van der Waals surface area contributed by atoms with Gasteiger partial charge in [-0.05, 0) is 24.3 Å². The summed E-state index contributed by atoms with van der Waals surface area (Å²) >= 11 is 0. The highest BCUT2D eigenvalue weighted by atomic mass is 32.2. The van der Waals surface area contributed by atoms with Crippen LogP contribution >= 0.6 is 0 Å². The van der Waals surface area contributed by atoms with E-state index in [0.29, 0.717) is 0 Å². The highest BCUT2D eigenvalue weighted by molar-refractivity contribution is 7.89. The maximum atomic E-state index is 12.3. The standard InChI is InChI=1S/C16H16N2O5S/c1-18(2)24(22,23)12-7-5-6-11(10-12)15(19)17-14-9-4-3-8-13(14)16(20)21/h3-10H,1-2H3,(H,17,19)(H,20,21)/p-1. The molecule has 0 heterocycles. The van der Waals surface area contributed by atoms with Crippen LogP contribution in [0.2, 0.25) is 0 Å². The van der Waals surface area contributed by atoms with Crippen LogP contribution in [-0.4, -0.2) is 38.7 Å². The molecule has 0 radical (unpaired) electrons. The molecule has 7 nitrogen and oxygen atoms in total. The molecule has 2 rings (SSSR count). The molecular formula is C16H15N2O5S-. The monoisotopic (exact) mass is 347 g/mol. The second kappa shape index (κ2) is 6.81. The Kier molecular flexibility index (Phi) is 5.01. The SMILES string of the molecule is CN(C)S(=O)(=O)c1cccc(C(=O)Nc2ccccc2C(=O)[O-])c1. The van der Waals surface area contributed by atoms with E-state index in [0.717, 1.165) is 4.31 Å². The second-order valence-corrected chi connectivity index (χ2v) is 7.25. The zero-order chi connectivity index (χ0) is 17.9. The quantitative estimate of drug-likeness (QED) is 0.850. The lowest BCUT2D eigenvalue weighted by atomic mass is 10.1. The molecule has 24 heavy (non-hydrogen) atoms. The summed E-state index contributed by atoms with van der Waals surface area (Å²) in [5.74, 6) is -2.05. The highest BCUT2D eigenvalue weighted by Gasteiger charge is 2.19. The van der Waals surface area contributed by atoms with Gasteiger partial charge in [-0.1, -0.05) is 24.3 Å². The van der Waals surface area contributed by atoms with E-state index in [1.165, 1.54) is 56.6 Å². The third kappa shape index (κ3) is 3.61. The van der Waals surface area contributed by atoms with E-state index in [1.54, 1.807) is 6.07 Å². The van der Waals surface area contributed by atoms with Crippen molar-refractivity contribution in [2.24, 2.45) is 0 Å². The average Bonchev–Trinajstić information content (AvgIpc) is 2.55. The van der Waals surface area contributed by atoms with E-state index in [9.17, 15) is 23.1 Å². The topological polar surface area (TPSA) is 107 Å². The van der Waals surface area contributed by atoms with E-state index >= 15 is 0 Å². The van der Waals surface area contributed by atoms with Crippen molar-refractivity contribution < 1.29 is 23.1 Å². The number of nitrogens with one attached hydrogen (secondary N) is 1. The molecule has 0 saturated heterocycles. The number of sulfonamides is 1. The third-order valence-electron chi connectivity index (χ3n) is 3.27. The molecule has 0 unspecified atom stereocenters. The van der Waals surface area contributed by atoms with Crippen LogP contribution in [-0.2, 0) is 10.0 Å². The van der Waals surface area contributed by atoms with Gasteiger partial charge in [0.1, 0.15) is 0 Å². The fraction of sp³-hybridized carbons (Fsp3) is 0.125. The lowest BCUT2D eigenvalue weighted by Crippen LogP contribution is -2.25. The van der Waals surface area contributed by atoms with Gasteiger partial charge in [-0.15, -0.1) is 0 Å². The number of carbonyl (C=O) groups excluding carboxylic acids is 2. The number of para-hydroxylation sites is 1. The van der Waals surface area contributed by atoms with Gasteiger partial charge in [-0.25, -0.2) is 12.7 Å². The molecule has 8 heteroatoms. The van der Waals surface area contributed by atoms with E-state index in [-0.39, 0.29) is 21.7 Å². The molecule has 0 aromatic heterocycles. The van der Waals surface area contributed by atoms with Crippen LogP contribution in [0.3, 0.4) is 0 Å². The number of anilines is 1. The lowest BCUT2D eigenvalue weighted by Gasteiger charge is -2.13. The van der Waals surface area contributed by atoms with Crippen LogP contribution in [0.1, 0.15) is 20.7 Å². The van der Waals surface area contributed by atoms with Crippen molar-refractivity contribution in [1.29, 1.82) is 0 Å². The fourth-order valence-corrected chi connectivity index (χ4v) is 2.92. The van der Waals surface area contributed by atoms with Gasteiger partial charge < -0.3 is 15.2 Å². The summed E-state index contributed by atoms with van der Waals surface area (Å²) in [7, 11) is -0.904. The average molecular weight is 347 g/mol. The zero-order valence-electron chi connectivity index (χ0n) is 13.0. The van der Waals surface area contributed by atoms with Crippen molar-refractivity contribution in [2.75, 3.05) is 19.4 Å². The maximum absolute atomic E-state index is 12.3. The number of carbonyl (C=O) groups is 2. The van der Waals surface area contributed by atoms with Crippen molar-refractivity contribution in [3.8, 4) is 0 Å². The first-order valence-corrected chi connectivity index (χ1v) is 8.32. The number of aromatic carboxylic acids is 1. The number of rotatable bonds is 5. The molecule has 2 aromatic carbocycles. The number of hydrogen-bond acceptors (Lipinski definition) is 5. The number of benzene rings is 2. The lowest BCUT2D eigenvalue weighted by molar-refractivity contribution is -0.254. The Balaban J connectivity index is 2.34. The van der Waals surface area contributed by atoms with E-state index < -0.39 is 21.9 Å². The van der Waals surface area contributed by atoms with Crippen LogP contribution in [0.4, 0.5) is 5.69 Å². The van der Waals surface area contributed by atoms with Crippen LogP contribution in [0.25, 0.3) is 0 Å². The minimum Gasteiger partial charge on any atom is -0.545 e. The van der Waals surface area contributed by atoms with Gasteiger partial charge in [0.25, 0.3) is 5.91 Å². The van der Waals surface area contributed by atoms with Crippen LogP contribution < -0.4 is 10.4 Å². The van der Waals surface area contributed by atoms with Crippen molar-refractivity contribution in [3.63, 3.8) is 0 Å². The minimum absolute atomic E-state index is 0.0339. The van der Waals surface area contributed by atoms with Crippen LogP contribution in [0.5, 0.6) is 0 Å². The molecule has 0 aliphatic carbocycles. The largest absolute Gasteiger partial charge is 0.545 e. The van der Waals surface area contributed by atoms with Gasteiger partial charge in [0.2, 0.25) is 10.0 Å². The normalized spacial score (nSPS) is 11.3. The summed E-state index contributed by atoms with van der Waals surface area (Å²) in [5.41, 5.74) is -0.00244. The Morgan fingerprint density at radius 2 is 1.71 bits per heavy atom. The summed E-state index contributed by atoms with van der Waals surface area (Å²) in [6.45, 7) is 0. The van der Waals surface area contributed by atoms with Crippen molar-refractivity contribution in [1.82, 2.24) is 4.31 Å². The molecule has 1 amide bonds. The van der Waals surface area contributed by atoms with Gasteiger partial charge in [-0.3, -0.25) is 4.79 Å². The number of nitrogens with zero attached hydrogens (tertiary/aromatic N) is 1. The molecule has 1 N–H and O–H groups in total. The highest BCUT2D eigenvalue weighted by Crippen LogP contribution is 2.18. The molecule has 0 saturated carbocycles. The Morgan fingerprint density at radius 3 is 2.33 bits per heavy atom.